The molecule has 2 nitrogen and oxygen atoms in total. The van der Waals surface area contributed by atoms with Gasteiger partial charge >= 0.3 is 0 Å². The Morgan fingerprint density at radius 1 is 1.22 bits per heavy atom. The molecule has 2 aromatic carbocycles. The van der Waals surface area contributed by atoms with Gasteiger partial charge in [-0.05, 0) is 36.8 Å². The number of aldehydes is 1. The lowest BCUT2D eigenvalue weighted by molar-refractivity contribution is 0.112. The first-order valence-electron chi connectivity index (χ1n) is 5.29. The summed E-state index contributed by atoms with van der Waals surface area (Å²) in [5.74, 6) is 1.15. The van der Waals surface area contributed by atoms with Crippen molar-refractivity contribution >= 4 is 33.8 Å². The number of carbonyl (C=O) groups excluding carboxylic acids is 1. The molecule has 92 valence electrons. The fourth-order valence-electron chi connectivity index (χ4n) is 1.52. The fraction of sp³-hybridized carbons (Fsp3) is 0.0714. The van der Waals surface area contributed by atoms with E-state index in [4.69, 9.17) is 16.3 Å². The van der Waals surface area contributed by atoms with Gasteiger partial charge in [-0.2, -0.15) is 0 Å². The summed E-state index contributed by atoms with van der Waals surface area (Å²) in [5, 5.41) is 0.384. The largest absolute Gasteiger partial charge is 0.456 e. The Hall–Kier alpha value is -1.32. The van der Waals surface area contributed by atoms with Crippen molar-refractivity contribution in [2.45, 2.75) is 6.92 Å². The van der Waals surface area contributed by atoms with Crippen LogP contribution in [0.3, 0.4) is 0 Å². The summed E-state index contributed by atoms with van der Waals surface area (Å²) in [6, 6.07) is 10.8. The highest BCUT2D eigenvalue weighted by atomic mass is 79.9. The van der Waals surface area contributed by atoms with Gasteiger partial charge in [-0.1, -0.05) is 39.7 Å². The van der Waals surface area contributed by atoms with Crippen molar-refractivity contribution in [3.05, 3.63) is 57.0 Å². The third-order valence-electron chi connectivity index (χ3n) is 2.50. The average Bonchev–Trinajstić information content (AvgIpc) is 2.34. The van der Waals surface area contributed by atoms with Crippen LogP contribution in [-0.2, 0) is 0 Å². The zero-order valence-electron chi connectivity index (χ0n) is 9.61. The number of rotatable bonds is 3. The Bertz CT molecular complexity index is 596. The quantitative estimate of drug-likeness (QED) is 0.741. The van der Waals surface area contributed by atoms with Crippen molar-refractivity contribution < 1.29 is 9.53 Å². The van der Waals surface area contributed by atoms with E-state index in [1.807, 2.05) is 25.1 Å². The van der Waals surface area contributed by atoms with E-state index in [-0.39, 0.29) is 0 Å². The summed E-state index contributed by atoms with van der Waals surface area (Å²) in [4.78, 5) is 11.0. The van der Waals surface area contributed by atoms with E-state index in [0.717, 1.165) is 10.0 Å². The number of halogens is 2. The molecule has 0 atom stereocenters. The lowest BCUT2D eigenvalue weighted by Gasteiger charge is -2.11. The first-order chi connectivity index (χ1) is 8.61. The Kier molecular flexibility index (Phi) is 4.04. The number of aryl methyl sites for hydroxylation is 1. The number of hydrogen-bond acceptors (Lipinski definition) is 2. The van der Waals surface area contributed by atoms with Crippen LogP contribution in [0.4, 0.5) is 0 Å². The van der Waals surface area contributed by atoms with E-state index in [9.17, 15) is 4.79 Å². The molecule has 0 heterocycles. The molecular formula is C14H10BrClO2. The molecule has 0 N–H and O–H groups in total. The van der Waals surface area contributed by atoms with E-state index in [2.05, 4.69) is 15.9 Å². The van der Waals surface area contributed by atoms with Crippen LogP contribution in [0.5, 0.6) is 11.5 Å². The number of ether oxygens (including phenoxy) is 1. The lowest BCUT2D eigenvalue weighted by atomic mass is 10.2. The standard InChI is InChI=1S/C14H10BrClO2/c1-9-5-6-10(15)7-14(9)18-13-4-2-3-12(16)11(13)8-17/h2-8H,1H3. The predicted octanol–water partition coefficient (Wildman–Crippen LogP) is 5.02. The first-order valence-corrected chi connectivity index (χ1v) is 6.46. The van der Waals surface area contributed by atoms with Gasteiger partial charge in [0.15, 0.2) is 6.29 Å². The van der Waals surface area contributed by atoms with Gasteiger partial charge in [-0.25, -0.2) is 0 Å². The van der Waals surface area contributed by atoms with Crippen LogP contribution < -0.4 is 4.74 Å². The average molecular weight is 326 g/mol. The Labute approximate surface area is 119 Å². The van der Waals surface area contributed by atoms with Gasteiger partial charge in [-0.3, -0.25) is 4.79 Å². The second-order valence-corrected chi connectivity index (χ2v) is 5.10. The normalized spacial score (nSPS) is 10.2. The van der Waals surface area contributed by atoms with Gasteiger partial charge in [0.2, 0.25) is 0 Å². The molecule has 0 bridgehead atoms. The zero-order chi connectivity index (χ0) is 13.1. The molecule has 0 spiro atoms. The van der Waals surface area contributed by atoms with E-state index in [1.54, 1.807) is 18.2 Å². The molecule has 18 heavy (non-hydrogen) atoms. The molecule has 4 heteroatoms. The maximum Gasteiger partial charge on any atom is 0.155 e. The van der Waals surface area contributed by atoms with Gasteiger partial charge in [0.05, 0.1) is 10.6 Å². The maximum absolute atomic E-state index is 11.0. The molecule has 0 aliphatic rings. The molecule has 2 aromatic rings. The summed E-state index contributed by atoms with van der Waals surface area (Å²) >= 11 is 9.33. The minimum Gasteiger partial charge on any atom is -0.456 e. The smallest absolute Gasteiger partial charge is 0.155 e. The van der Waals surface area contributed by atoms with Crippen LogP contribution in [0.25, 0.3) is 0 Å². The van der Waals surface area contributed by atoms with Crippen LogP contribution in [0, 0.1) is 6.92 Å². The topological polar surface area (TPSA) is 26.3 Å². The van der Waals surface area contributed by atoms with Gasteiger partial charge in [0.25, 0.3) is 0 Å². The minimum absolute atomic E-state index is 0.360. The molecule has 0 unspecified atom stereocenters. The predicted molar refractivity (Wildman–Crippen MR) is 75.8 cm³/mol. The molecule has 0 saturated heterocycles. The lowest BCUT2D eigenvalue weighted by Crippen LogP contribution is -1.93. The van der Waals surface area contributed by atoms with Crippen molar-refractivity contribution in [1.29, 1.82) is 0 Å². The van der Waals surface area contributed by atoms with Crippen molar-refractivity contribution in [2.75, 3.05) is 0 Å². The Morgan fingerprint density at radius 3 is 2.72 bits per heavy atom. The second-order valence-electron chi connectivity index (χ2n) is 3.78. The zero-order valence-corrected chi connectivity index (χ0v) is 12.0. The van der Waals surface area contributed by atoms with Crippen molar-refractivity contribution in [3.8, 4) is 11.5 Å². The van der Waals surface area contributed by atoms with Crippen molar-refractivity contribution in [1.82, 2.24) is 0 Å². The Balaban J connectivity index is 2.43. The number of carbonyl (C=O) groups is 1. The molecule has 0 aliphatic heterocycles. The molecule has 0 amide bonds. The summed E-state index contributed by atoms with van der Waals surface area (Å²) in [6.07, 6.45) is 0.699. The highest BCUT2D eigenvalue weighted by molar-refractivity contribution is 9.10. The van der Waals surface area contributed by atoms with E-state index in [0.29, 0.717) is 28.4 Å². The van der Waals surface area contributed by atoms with E-state index in [1.165, 1.54) is 0 Å². The van der Waals surface area contributed by atoms with E-state index < -0.39 is 0 Å². The Morgan fingerprint density at radius 2 is 2.00 bits per heavy atom. The van der Waals surface area contributed by atoms with Crippen LogP contribution in [0.1, 0.15) is 15.9 Å². The molecular weight excluding hydrogens is 316 g/mol. The third kappa shape index (κ3) is 2.74. The number of hydrogen-bond donors (Lipinski definition) is 0. The SMILES string of the molecule is Cc1ccc(Br)cc1Oc1cccc(Cl)c1C=O. The second kappa shape index (κ2) is 5.55. The van der Waals surface area contributed by atoms with Gasteiger partial charge < -0.3 is 4.74 Å². The molecule has 0 radical (unpaired) electrons. The highest BCUT2D eigenvalue weighted by Gasteiger charge is 2.09. The van der Waals surface area contributed by atoms with Crippen LogP contribution in [0.2, 0.25) is 5.02 Å². The third-order valence-corrected chi connectivity index (χ3v) is 3.32. The van der Waals surface area contributed by atoms with Crippen LogP contribution in [0.15, 0.2) is 40.9 Å². The van der Waals surface area contributed by atoms with Gasteiger partial charge in [0.1, 0.15) is 11.5 Å². The fourth-order valence-corrected chi connectivity index (χ4v) is 2.07. The first kappa shape index (κ1) is 13.1. The summed E-state index contributed by atoms with van der Waals surface area (Å²) in [6.45, 7) is 1.94. The van der Waals surface area contributed by atoms with Crippen molar-refractivity contribution in [3.63, 3.8) is 0 Å². The highest BCUT2D eigenvalue weighted by Crippen LogP contribution is 2.32. The van der Waals surface area contributed by atoms with Gasteiger partial charge in [-0.15, -0.1) is 0 Å². The van der Waals surface area contributed by atoms with Crippen LogP contribution in [-0.4, -0.2) is 6.29 Å². The monoisotopic (exact) mass is 324 g/mol. The summed E-state index contributed by atoms with van der Waals surface area (Å²) < 4.78 is 6.66. The molecule has 0 saturated carbocycles. The van der Waals surface area contributed by atoms with Crippen LogP contribution >= 0.6 is 27.5 Å². The molecule has 0 aromatic heterocycles. The number of benzene rings is 2. The van der Waals surface area contributed by atoms with Crippen molar-refractivity contribution in [2.24, 2.45) is 0 Å². The van der Waals surface area contributed by atoms with Gasteiger partial charge in [0, 0.05) is 4.47 Å². The molecule has 2 rings (SSSR count). The summed E-state index contributed by atoms with van der Waals surface area (Å²) in [5.41, 5.74) is 1.34. The van der Waals surface area contributed by atoms with E-state index >= 15 is 0 Å². The minimum atomic E-state index is 0.360. The molecule has 0 fully saturated rings. The maximum atomic E-state index is 11.0. The molecule has 0 aliphatic carbocycles. The summed E-state index contributed by atoms with van der Waals surface area (Å²) in [7, 11) is 0.